The van der Waals surface area contributed by atoms with E-state index in [9.17, 15) is 4.79 Å². The van der Waals surface area contributed by atoms with Crippen molar-refractivity contribution in [2.24, 2.45) is 0 Å². The minimum atomic E-state index is -0.0219. The SMILES string of the molecule is CCCCN(C)C(=O)c1cncc(Nc2c(C)cc(C)cc2Cl)c1. The Kier molecular flexibility index (Phi) is 6.21. The fourth-order valence-electron chi connectivity index (χ4n) is 2.56. The van der Waals surface area contributed by atoms with E-state index in [4.69, 9.17) is 11.6 Å². The summed E-state index contributed by atoms with van der Waals surface area (Å²) in [6, 6.07) is 5.79. The van der Waals surface area contributed by atoms with Crippen LogP contribution in [0.5, 0.6) is 0 Å². The van der Waals surface area contributed by atoms with Crippen LogP contribution in [0, 0.1) is 13.8 Å². The highest BCUT2D eigenvalue weighted by atomic mass is 35.5. The molecule has 4 nitrogen and oxygen atoms in total. The number of rotatable bonds is 6. The standard InChI is InChI=1S/C19H24ClN3O/c1-5-6-7-23(4)19(24)15-10-16(12-21-11-15)22-18-14(3)8-13(2)9-17(18)20/h8-12,22H,5-7H2,1-4H3. The van der Waals surface area contributed by atoms with Crippen LogP contribution in [0.1, 0.15) is 41.3 Å². The molecule has 0 spiro atoms. The Morgan fingerprint density at radius 1 is 1.25 bits per heavy atom. The monoisotopic (exact) mass is 345 g/mol. The molecule has 0 unspecified atom stereocenters. The molecule has 0 aliphatic rings. The zero-order valence-electron chi connectivity index (χ0n) is 14.7. The van der Waals surface area contributed by atoms with Crippen LogP contribution in [-0.2, 0) is 0 Å². The Morgan fingerprint density at radius 3 is 2.67 bits per heavy atom. The molecule has 0 aliphatic heterocycles. The minimum Gasteiger partial charge on any atom is -0.353 e. The van der Waals surface area contributed by atoms with Gasteiger partial charge in [-0.05, 0) is 43.5 Å². The highest BCUT2D eigenvalue weighted by molar-refractivity contribution is 6.33. The van der Waals surface area contributed by atoms with Gasteiger partial charge in [0, 0.05) is 19.8 Å². The number of pyridine rings is 1. The number of carbonyl (C=O) groups excluding carboxylic acids is 1. The fourth-order valence-corrected chi connectivity index (χ4v) is 2.93. The summed E-state index contributed by atoms with van der Waals surface area (Å²) in [5.41, 5.74) is 4.32. The van der Waals surface area contributed by atoms with Gasteiger partial charge in [-0.25, -0.2) is 0 Å². The molecule has 5 heteroatoms. The predicted molar refractivity (Wildman–Crippen MR) is 100 cm³/mol. The van der Waals surface area contributed by atoms with Crippen LogP contribution in [0.3, 0.4) is 0 Å². The number of hydrogen-bond acceptors (Lipinski definition) is 3. The molecular weight excluding hydrogens is 322 g/mol. The van der Waals surface area contributed by atoms with Crippen LogP contribution >= 0.6 is 11.6 Å². The lowest BCUT2D eigenvalue weighted by Crippen LogP contribution is -2.27. The highest BCUT2D eigenvalue weighted by Crippen LogP contribution is 2.30. The molecule has 1 aromatic carbocycles. The molecule has 2 rings (SSSR count). The van der Waals surface area contributed by atoms with E-state index in [0.29, 0.717) is 10.6 Å². The Labute approximate surface area is 148 Å². The molecule has 0 fully saturated rings. The van der Waals surface area contributed by atoms with Crippen LogP contribution in [0.25, 0.3) is 0 Å². The van der Waals surface area contributed by atoms with Gasteiger partial charge in [0.15, 0.2) is 0 Å². The molecule has 0 atom stereocenters. The third-order valence-electron chi connectivity index (χ3n) is 3.88. The first-order valence-corrected chi connectivity index (χ1v) is 8.54. The van der Waals surface area contributed by atoms with E-state index in [0.717, 1.165) is 41.9 Å². The molecule has 1 heterocycles. The van der Waals surface area contributed by atoms with E-state index >= 15 is 0 Å². The fraction of sp³-hybridized carbons (Fsp3) is 0.368. The van der Waals surface area contributed by atoms with Crippen molar-refractivity contribution in [3.8, 4) is 0 Å². The van der Waals surface area contributed by atoms with Gasteiger partial charge in [0.2, 0.25) is 0 Å². The number of anilines is 2. The molecule has 1 aromatic heterocycles. The summed E-state index contributed by atoms with van der Waals surface area (Å²) in [5, 5.41) is 3.94. The van der Waals surface area contributed by atoms with Crippen molar-refractivity contribution in [3.63, 3.8) is 0 Å². The zero-order chi connectivity index (χ0) is 17.7. The summed E-state index contributed by atoms with van der Waals surface area (Å²) < 4.78 is 0. The number of aromatic nitrogens is 1. The summed E-state index contributed by atoms with van der Waals surface area (Å²) >= 11 is 6.34. The molecule has 0 saturated heterocycles. The van der Waals surface area contributed by atoms with Crippen LogP contribution in [-0.4, -0.2) is 29.4 Å². The molecule has 0 bridgehead atoms. The van der Waals surface area contributed by atoms with E-state index < -0.39 is 0 Å². The van der Waals surface area contributed by atoms with Gasteiger partial charge in [0.1, 0.15) is 0 Å². The lowest BCUT2D eigenvalue weighted by Gasteiger charge is -2.17. The second-order valence-corrected chi connectivity index (χ2v) is 6.51. The number of carbonyl (C=O) groups is 1. The molecule has 24 heavy (non-hydrogen) atoms. The van der Waals surface area contributed by atoms with Crippen molar-refractivity contribution < 1.29 is 4.79 Å². The highest BCUT2D eigenvalue weighted by Gasteiger charge is 2.13. The van der Waals surface area contributed by atoms with Gasteiger partial charge < -0.3 is 10.2 Å². The summed E-state index contributed by atoms with van der Waals surface area (Å²) in [5.74, 6) is -0.0219. The number of benzene rings is 1. The van der Waals surface area contributed by atoms with Crippen LogP contribution in [0.15, 0.2) is 30.6 Å². The normalized spacial score (nSPS) is 10.5. The Balaban J connectivity index is 2.21. The second kappa shape index (κ2) is 8.15. The third-order valence-corrected chi connectivity index (χ3v) is 4.18. The molecular formula is C19H24ClN3O. The van der Waals surface area contributed by atoms with Gasteiger partial charge >= 0.3 is 0 Å². The van der Waals surface area contributed by atoms with Crippen molar-refractivity contribution in [2.45, 2.75) is 33.6 Å². The molecule has 2 aromatic rings. The van der Waals surface area contributed by atoms with Crippen molar-refractivity contribution in [1.82, 2.24) is 9.88 Å². The van der Waals surface area contributed by atoms with E-state index in [1.165, 1.54) is 0 Å². The molecule has 128 valence electrons. The number of aryl methyl sites for hydroxylation is 2. The Morgan fingerprint density at radius 2 is 2.00 bits per heavy atom. The van der Waals surface area contributed by atoms with Crippen molar-refractivity contribution in [3.05, 3.63) is 52.3 Å². The van der Waals surface area contributed by atoms with Crippen LogP contribution < -0.4 is 5.32 Å². The van der Waals surface area contributed by atoms with Crippen LogP contribution in [0.4, 0.5) is 11.4 Å². The zero-order valence-corrected chi connectivity index (χ0v) is 15.4. The van der Waals surface area contributed by atoms with Gasteiger partial charge in [-0.3, -0.25) is 9.78 Å². The largest absolute Gasteiger partial charge is 0.353 e. The molecule has 0 saturated carbocycles. The second-order valence-electron chi connectivity index (χ2n) is 6.11. The quantitative estimate of drug-likeness (QED) is 0.804. The van der Waals surface area contributed by atoms with E-state index in [2.05, 4.69) is 23.3 Å². The average Bonchev–Trinajstić information content (AvgIpc) is 2.55. The topological polar surface area (TPSA) is 45.2 Å². The summed E-state index contributed by atoms with van der Waals surface area (Å²) in [7, 11) is 1.82. The lowest BCUT2D eigenvalue weighted by atomic mass is 10.1. The number of nitrogens with one attached hydrogen (secondary N) is 1. The summed E-state index contributed by atoms with van der Waals surface area (Å²) in [6.45, 7) is 6.87. The van der Waals surface area contributed by atoms with Gasteiger partial charge in [-0.1, -0.05) is 31.0 Å². The maximum atomic E-state index is 12.5. The number of amides is 1. The molecule has 0 aliphatic carbocycles. The first-order valence-electron chi connectivity index (χ1n) is 8.16. The Bertz CT molecular complexity index is 707. The molecule has 1 amide bonds. The minimum absolute atomic E-state index is 0.0219. The maximum Gasteiger partial charge on any atom is 0.255 e. The summed E-state index contributed by atoms with van der Waals surface area (Å²) in [4.78, 5) is 18.4. The van der Waals surface area contributed by atoms with Gasteiger partial charge in [-0.2, -0.15) is 0 Å². The maximum absolute atomic E-state index is 12.5. The lowest BCUT2D eigenvalue weighted by molar-refractivity contribution is 0.0793. The van der Waals surface area contributed by atoms with E-state index in [-0.39, 0.29) is 5.91 Å². The third kappa shape index (κ3) is 4.48. The molecule has 0 radical (unpaired) electrons. The van der Waals surface area contributed by atoms with Gasteiger partial charge in [0.05, 0.1) is 28.2 Å². The smallest absolute Gasteiger partial charge is 0.255 e. The Hall–Kier alpha value is -2.07. The average molecular weight is 346 g/mol. The van der Waals surface area contributed by atoms with Crippen molar-refractivity contribution >= 4 is 28.9 Å². The number of nitrogens with zero attached hydrogens (tertiary/aromatic N) is 2. The number of halogens is 1. The number of unbranched alkanes of at least 4 members (excludes halogenated alkanes) is 1. The first kappa shape index (κ1) is 18.3. The predicted octanol–water partition coefficient (Wildman–Crippen LogP) is 4.97. The number of hydrogen-bond donors (Lipinski definition) is 1. The summed E-state index contributed by atoms with van der Waals surface area (Å²) in [6.07, 6.45) is 5.34. The van der Waals surface area contributed by atoms with Crippen molar-refractivity contribution in [1.29, 1.82) is 0 Å². The van der Waals surface area contributed by atoms with E-state index in [1.54, 1.807) is 17.3 Å². The van der Waals surface area contributed by atoms with E-state index in [1.807, 2.05) is 33.0 Å². The van der Waals surface area contributed by atoms with Gasteiger partial charge in [-0.15, -0.1) is 0 Å². The van der Waals surface area contributed by atoms with Crippen LogP contribution in [0.2, 0.25) is 5.02 Å². The first-order chi connectivity index (χ1) is 11.4. The van der Waals surface area contributed by atoms with Crippen molar-refractivity contribution in [2.75, 3.05) is 18.9 Å². The van der Waals surface area contributed by atoms with Gasteiger partial charge in [0.25, 0.3) is 5.91 Å². The molecule has 1 N–H and O–H groups in total.